The summed E-state index contributed by atoms with van der Waals surface area (Å²) >= 11 is 0. The third-order valence-corrected chi connectivity index (χ3v) is 4.76. The highest BCUT2D eigenvalue weighted by Crippen LogP contribution is 2.07. The molecule has 0 spiro atoms. The van der Waals surface area contributed by atoms with Crippen molar-refractivity contribution in [3.05, 3.63) is 47.7 Å². The molecule has 130 valence electrons. The zero-order valence-corrected chi connectivity index (χ0v) is 14.3. The van der Waals surface area contributed by atoms with Crippen LogP contribution < -0.4 is 10.0 Å². The van der Waals surface area contributed by atoms with E-state index in [-0.39, 0.29) is 24.6 Å². The molecule has 2 rings (SSSR count). The number of benzene rings is 1. The maximum atomic E-state index is 11.9. The van der Waals surface area contributed by atoms with E-state index in [9.17, 15) is 13.2 Å². The van der Waals surface area contributed by atoms with Crippen molar-refractivity contribution in [2.24, 2.45) is 0 Å². The highest BCUT2D eigenvalue weighted by atomic mass is 32.2. The Labute approximate surface area is 141 Å². The molecule has 1 aromatic carbocycles. The van der Waals surface area contributed by atoms with E-state index in [1.54, 1.807) is 13.0 Å². The van der Waals surface area contributed by atoms with Crippen LogP contribution in [0.25, 0.3) is 0 Å². The summed E-state index contributed by atoms with van der Waals surface area (Å²) in [5.74, 6) is 0.620. The lowest BCUT2D eigenvalue weighted by molar-refractivity contribution is -0.116. The van der Waals surface area contributed by atoms with Gasteiger partial charge in [-0.3, -0.25) is 4.79 Å². The second-order valence-electron chi connectivity index (χ2n) is 5.42. The maximum Gasteiger partial charge on any atom is 0.226 e. The lowest BCUT2D eigenvalue weighted by Gasteiger charge is -2.06. The standard InChI is InChI=1S/C16H21N3O4S/c1-13-12-15(19-23-13)18-16(20)9-10-17-24(21,22)11-5-8-14-6-3-2-4-7-14/h2-4,6-7,12,17H,5,8-11H2,1H3,(H,18,19,20). The molecule has 1 aromatic heterocycles. The minimum Gasteiger partial charge on any atom is -0.360 e. The second kappa shape index (κ2) is 8.60. The minimum absolute atomic E-state index is 0.0316. The van der Waals surface area contributed by atoms with Gasteiger partial charge in [0.1, 0.15) is 5.76 Å². The largest absolute Gasteiger partial charge is 0.360 e. The number of nitrogens with zero attached hydrogens (tertiary/aromatic N) is 1. The number of rotatable bonds is 9. The maximum absolute atomic E-state index is 11.9. The molecule has 0 aliphatic heterocycles. The molecule has 8 heteroatoms. The molecule has 0 saturated carbocycles. The van der Waals surface area contributed by atoms with Crippen molar-refractivity contribution in [1.82, 2.24) is 9.88 Å². The molecule has 1 heterocycles. The van der Waals surface area contributed by atoms with Gasteiger partial charge in [-0.2, -0.15) is 0 Å². The molecule has 0 bridgehead atoms. The SMILES string of the molecule is Cc1cc(NC(=O)CCNS(=O)(=O)CCCc2ccccc2)no1. The van der Waals surface area contributed by atoms with Crippen LogP contribution in [0.5, 0.6) is 0 Å². The van der Waals surface area contributed by atoms with Crippen molar-refractivity contribution < 1.29 is 17.7 Å². The number of aromatic nitrogens is 1. The molecule has 1 amide bonds. The molecule has 0 fully saturated rings. The zero-order valence-electron chi connectivity index (χ0n) is 13.5. The lowest BCUT2D eigenvalue weighted by Crippen LogP contribution is -2.30. The number of carbonyl (C=O) groups excluding carboxylic acids is 1. The highest BCUT2D eigenvalue weighted by Gasteiger charge is 2.11. The normalized spacial score (nSPS) is 11.4. The zero-order chi connectivity index (χ0) is 17.4. The van der Waals surface area contributed by atoms with Gasteiger partial charge in [0.2, 0.25) is 15.9 Å². The average molecular weight is 351 g/mol. The van der Waals surface area contributed by atoms with Crippen molar-refractivity contribution in [3.63, 3.8) is 0 Å². The lowest BCUT2D eigenvalue weighted by atomic mass is 10.1. The summed E-state index contributed by atoms with van der Waals surface area (Å²) in [6.45, 7) is 1.77. The van der Waals surface area contributed by atoms with E-state index in [2.05, 4.69) is 15.2 Å². The first-order chi connectivity index (χ1) is 11.4. The summed E-state index contributed by atoms with van der Waals surface area (Å²) in [5.41, 5.74) is 1.11. The van der Waals surface area contributed by atoms with E-state index in [1.807, 2.05) is 30.3 Å². The van der Waals surface area contributed by atoms with Gasteiger partial charge >= 0.3 is 0 Å². The van der Waals surface area contributed by atoms with Gasteiger partial charge in [-0.05, 0) is 25.3 Å². The molecule has 24 heavy (non-hydrogen) atoms. The summed E-state index contributed by atoms with van der Waals surface area (Å²) in [4.78, 5) is 11.7. The van der Waals surface area contributed by atoms with Gasteiger partial charge in [0, 0.05) is 19.0 Å². The molecule has 0 aliphatic carbocycles. The fraction of sp³-hybridized carbons (Fsp3) is 0.375. The van der Waals surface area contributed by atoms with Crippen LogP contribution in [0, 0.1) is 6.92 Å². The van der Waals surface area contributed by atoms with Crippen LogP contribution in [-0.2, 0) is 21.2 Å². The Hall–Kier alpha value is -2.19. The van der Waals surface area contributed by atoms with E-state index in [0.29, 0.717) is 24.4 Å². The van der Waals surface area contributed by atoms with Gasteiger partial charge in [0.05, 0.1) is 5.75 Å². The molecule has 0 radical (unpaired) electrons. The van der Waals surface area contributed by atoms with Crippen LogP contribution in [0.1, 0.15) is 24.2 Å². The second-order valence-corrected chi connectivity index (χ2v) is 7.35. The molecule has 0 aliphatic rings. The van der Waals surface area contributed by atoms with Crippen LogP contribution in [0.15, 0.2) is 40.9 Å². The first-order valence-electron chi connectivity index (χ1n) is 7.69. The van der Waals surface area contributed by atoms with Crippen LogP contribution in [-0.4, -0.2) is 31.8 Å². The van der Waals surface area contributed by atoms with Gasteiger partial charge in [0.25, 0.3) is 0 Å². The van der Waals surface area contributed by atoms with Gasteiger partial charge in [-0.15, -0.1) is 0 Å². The van der Waals surface area contributed by atoms with Crippen LogP contribution in [0.4, 0.5) is 5.82 Å². The molecule has 0 saturated heterocycles. The monoisotopic (exact) mass is 351 g/mol. The number of aryl methyl sites for hydroxylation is 2. The quantitative estimate of drug-likeness (QED) is 0.718. The topological polar surface area (TPSA) is 101 Å². The van der Waals surface area contributed by atoms with Crippen molar-refractivity contribution in [2.45, 2.75) is 26.2 Å². The fourth-order valence-corrected chi connectivity index (χ4v) is 3.22. The van der Waals surface area contributed by atoms with Crippen LogP contribution >= 0.6 is 0 Å². The Kier molecular flexibility index (Phi) is 6.51. The smallest absolute Gasteiger partial charge is 0.226 e. The van der Waals surface area contributed by atoms with Crippen LogP contribution in [0.2, 0.25) is 0 Å². The third-order valence-electron chi connectivity index (χ3n) is 3.29. The molecular formula is C16H21N3O4S. The number of amides is 1. The first kappa shape index (κ1) is 18.2. The van der Waals surface area contributed by atoms with Crippen molar-refractivity contribution in [1.29, 1.82) is 0 Å². The number of hydrogen-bond acceptors (Lipinski definition) is 5. The molecule has 2 N–H and O–H groups in total. The van der Waals surface area contributed by atoms with Gasteiger partial charge in [-0.25, -0.2) is 13.1 Å². The van der Waals surface area contributed by atoms with Gasteiger partial charge in [-0.1, -0.05) is 35.5 Å². The van der Waals surface area contributed by atoms with E-state index < -0.39 is 10.0 Å². The average Bonchev–Trinajstić information content (AvgIpc) is 2.93. The van der Waals surface area contributed by atoms with E-state index in [4.69, 9.17) is 4.52 Å². The number of anilines is 1. The highest BCUT2D eigenvalue weighted by molar-refractivity contribution is 7.89. The summed E-state index contributed by atoms with van der Waals surface area (Å²) in [6.07, 6.45) is 1.27. The summed E-state index contributed by atoms with van der Waals surface area (Å²) in [7, 11) is -3.38. The predicted octanol–water partition coefficient (Wildman–Crippen LogP) is 1.86. The van der Waals surface area contributed by atoms with Crippen LogP contribution in [0.3, 0.4) is 0 Å². The minimum atomic E-state index is -3.38. The van der Waals surface area contributed by atoms with Gasteiger partial charge in [0.15, 0.2) is 5.82 Å². The van der Waals surface area contributed by atoms with E-state index in [0.717, 1.165) is 5.56 Å². The number of carbonyl (C=O) groups is 1. The van der Waals surface area contributed by atoms with Crippen molar-refractivity contribution in [2.75, 3.05) is 17.6 Å². The fourth-order valence-electron chi connectivity index (χ4n) is 2.13. The Bertz CT molecular complexity index is 757. The van der Waals surface area contributed by atoms with Crippen molar-refractivity contribution in [3.8, 4) is 0 Å². The number of hydrogen-bond donors (Lipinski definition) is 2. The Morgan fingerprint density at radius 3 is 2.67 bits per heavy atom. The van der Waals surface area contributed by atoms with Gasteiger partial charge < -0.3 is 9.84 Å². The molecule has 0 atom stereocenters. The van der Waals surface area contributed by atoms with E-state index >= 15 is 0 Å². The Morgan fingerprint density at radius 2 is 2.00 bits per heavy atom. The van der Waals surface area contributed by atoms with Crippen molar-refractivity contribution >= 4 is 21.7 Å². The summed E-state index contributed by atoms with van der Waals surface area (Å²) in [5, 5.41) is 6.17. The molecular weight excluding hydrogens is 330 g/mol. The Morgan fingerprint density at radius 1 is 1.25 bits per heavy atom. The first-order valence-corrected chi connectivity index (χ1v) is 9.34. The molecule has 0 unspecified atom stereocenters. The number of nitrogens with one attached hydrogen (secondary N) is 2. The number of sulfonamides is 1. The predicted molar refractivity (Wildman–Crippen MR) is 91.0 cm³/mol. The molecule has 2 aromatic rings. The molecule has 7 nitrogen and oxygen atoms in total. The summed E-state index contributed by atoms with van der Waals surface area (Å²) < 4.78 is 31.1. The Balaban J connectivity index is 1.65. The van der Waals surface area contributed by atoms with E-state index in [1.165, 1.54) is 0 Å². The third kappa shape index (κ3) is 6.51. The summed E-state index contributed by atoms with van der Waals surface area (Å²) in [6, 6.07) is 11.3.